The highest BCUT2D eigenvalue weighted by molar-refractivity contribution is 5.76. The summed E-state index contributed by atoms with van der Waals surface area (Å²) in [6.45, 7) is -1.08. The first-order valence-corrected chi connectivity index (χ1v) is 6.28. The molecule has 0 aliphatic rings. The Morgan fingerprint density at radius 3 is 2.41 bits per heavy atom. The Labute approximate surface area is 123 Å². The molecule has 0 aliphatic carbocycles. The number of anilines is 1. The second kappa shape index (κ2) is 8.24. The van der Waals surface area contributed by atoms with E-state index in [9.17, 15) is 29.7 Å². The van der Waals surface area contributed by atoms with Crippen LogP contribution in [-0.4, -0.2) is 68.1 Å². The number of aliphatic hydroxyl groups excluding tert-OH is 4. The number of rotatable bonds is 8. The second-order valence-corrected chi connectivity index (χ2v) is 4.38. The van der Waals surface area contributed by atoms with Crippen molar-refractivity contribution in [2.45, 2.75) is 18.3 Å². The zero-order valence-corrected chi connectivity index (χ0v) is 11.4. The lowest BCUT2D eigenvalue weighted by Gasteiger charge is -2.22. The van der Waals surface area contributed by atoms with Crippen molar-refractivity contribution < 1.29 is 25.2 Å². The van der Waals surface area contributed by atoms with Crippen molar-refractivity contribution in [3.63, 3.8) is 0 Å². The van der Waals surface area contributed by atoms with Crippen LogP contribution in [0, 0.1) is 0 Å². The van der Waals surface area contributed by atoms with Crippen molar-refractivity contribution in [2.24, 2.45) is 0 Å². The topological polar surface area (TPSA) is 176 Å². The summed E-state index contributed by atoms with van der Waals surface area (Å²) in [4.78, 5) is 37.4. The van der Waals surface area contributed by atoms with Crippen LogP contribution in [0.4, 0.5) is 5.82 Å². The molecule has 0 amide bonds. The molecule has 3 atom stereocenters. The van der Waals surface area contributed by atoms with Gasteiger partial charge in [-0.2, -0.15) is 0 Å². The van der Waals surface area contributed by atoms with Crippen LogP contribution in [0.15, 0.2) is 15.7 Å². The van der Waals surface area contributed by atoms with Crippen molar-refractivity contribution in [1.29, 1.82) is 0 Å². The van der Waals surface area contributed by atoms with E-state index < -0.39 is 36.2 Å². The molecule has 10 heteroatoms. The summed E-state index contributed by atoms with van der Waals surface area (Å²) in [6, 6.07) is 0. The zero-order chi connectivity index (χ0) is 16.7. The number of aldehydes is 1. The number of aliphatic hydroxyl groups is 4. The monoisotopic (exact) mass is 315 g/mol. The minimum Gasteiger partial charge on any atom is -0.394 e. The van der Waals surface area contributed by atoms with Gasteiger partial charge in [0, 0.05) is 6.54 Å². The summed E-state index contributed by atoms with van der Waals surface area (Å²) < 4.78 is 0. The van der Waals surface area contributed by atoms with Crippen LogP contribution in [0.1, 0.15) is 5.56 Å². The molecule has 0 bridgehead atoms. The molecule has 0 fully saturated rings. The molecule has 22 heavy (non-hydrogen) atoms. The number of aromatic nitrogens is 2. The van der Waals surface area contributed by atoms with Crippen molar-refractivity contribution >= 4 is 18.2 Å². The Morgan fingerprint density at radius 2 is 1.82 bits per heavy atom. The van der Waals surface area contributed by atoms with Crippen LogP contribution in [0.3, 0.4) is 0 Å². The van der Waals surface area contributed by atoms with Gasteiger partial charge in [0.2, 0.25) is 0 Å². The number of hydrogen-bond acceptors (Lipinski definition) is 8. The minimum absolute atomic E-state index is 0.0592. The maximum Gasteiger partial charge on any atom is 0.327 e. The second-order valence-electron chi connectivity index (χ2n) is 4.38. The molecule has 0 spiro atoms. The normalized spacial score (nSPS) is 15.5. The van der Waals surface area contributed by atoms with E-state index in [4.69, 9.17) is 5.11 Å². The fraction of sp³-hybridized carbons (Fsp3) is 0.417. The van der Waals surface area contributed by atoms with Crippen molar-refractivity contribution in [1.82, 2.24) is 9.97 Å². The smallest absolute Gasteiger partial charge is 0.327 e. The first-order chi connectivity index (χ1) is 10.4. The van der Waals surface area contributed by atoms with Crippen LogP contribution < -0.4 is 16.6 Å². The van der Waals surface area contributed by atoms with Gasteiger partial charge in [-0.05, 0) is 12.2 Å². The SMILES string of the molecule is O=CC=Cc1c(NCC(O)C(O)C(O)CO)[nH]c(=O)[nH]c1=O. The lowest BCUT2D eigenvalue weighted by atomic mass is 10.1. The predicted octanol–water partition coefficient (Wildman–Crippen LogP) is -3.24. The van der Waals surface area contributed by atoms with Crippen LogP contribution in [0.2, 0.25) is 0 Å². The maximum atomic E-state index is 11.6. The molecular weight excluding hydrogens is 298 g/mol. The molecule has 0 aromatic carbocycles. The molecule has 10 nitrogen and oxygen atoms in total. The van der Waals surface area contributed by atoms with Crippen molar-refractivity contribution in [3.8, 4) is 0 Å². The van der Waals surface area contributed by atoms with E-state index in [1.54, 1.807) is 0 Å². The Balaban J connectivity index is 2.93. The molecule has 0 saturated carbocycles. The summed E-state index contributed by atoms with van der Waals surface area (Å²) in [5, 5.41) is 39.5. The molecule has 0 saturated heterocycles. The van der Waals surface area contributed by atoms with E-state index in [1.807, 2.05) is 4.98 Å². The number of hydrogen-bond donors (Lipinski definition) is 7. The summed E-state index contributed by atoms with van der Waals surface area (Å²) in [5.74, 6) is -0.0726. The van der Waals surface area contributed by atoms with Gasteiger partial charge in [-0.25, -0.2) is 4.79 Å². The van der Waals surface area contributed by atoms with E-state index in [0.29, 0.717) is 6.29 Å². The summed E-state index contributed by atoms with van der Waals surface area (Å²) >= 11 is 0. The summed E-state index contributed by atoms with van der Waals surface area (Å²) in [6.07, 6.45) is -2.02. The Bertz CT molecular complexity index is 636. The molecule has 0 aliphatic heterocycles. The van der Waals surface area contributed by atoms with Crippen LogP contribution in [0.25, 0.3) is 6.08 Å². The molecule has 1 aromatic heterocycles. The van der Waals surface area contributed by atoms with Crippen LogP contribution >= 0.6 is 0 Å². The summed E-state index contributed by atoms with van der Waals surface area (Å²) in [5.41, 5.74) is -1.62. The number of carbonyl (C=O) groups excluding carboxylic acids is 1. The van der Waals surface area contributed by atoms with Crippen molar-refractivity contribution in [3.05, 3.63) is 32.5 Å². The Morgan fingerprint density at radius 1 is 1.14 bits per heavy atom. The van der Waals surface area contributed by atoms with Gasteiger partial charge in [0.1, 0.15) is 24.3 Å². The average Bonchev–Trinajstić information content (AvgIpc) is 2.49. The lowest BCUT2D eigenvalue weighted by molar-refractivity contribution is -0.104. The minimum atomic E-state index is -1.62. The lowest BCUT2D eigenvalue weighted by Crippen LogP contribution is -2.43. The number of aromatic amines is 2. The third-order valence-corrected chi connectivity index (χ3v) is 2.78. The van der Waals surface area contributed by atoms with Gasteiger partial charge in [-0.15, -0.1) is 0 Å². The quantitative estimate of drug-likeness (QED) is 0.193. The first kappa shape index (κ1) is 17.8. The number of allylic oxidation sites excluding steroid dienone is 1. The highest BCUT2D eigenvalue weighted by atomic mass is 16.4. The first-order valence-electron chi connectivity index (χ1n) is 6.28. The molecule has 3 unspecified atom stereocenters. The standard InChI is InChI=1S/C12H17N3O7/c16-3-1-2-6-10(14-12(22)15-11(6)21)13-4-7(18)9(20)8(19)5-17/h1-3,7-9,17-20H,4-5H2,(H3,13,14,15,21,22). The van der Waals surface area contributed by atoms with Gasteiger partial charge in [-0.3, -0.25) is 19.6 Å². The van der Waals surface area contributed by atoms with E-state index in [1.165, 1.54) is 0 Å². The summed E-state index contributed by atoms with van der Waals surface area (Å²) in [7, 11) is 0. The number of nitrogens with one attached hydrogen (secondary N) is 3. The fourth-order valence-electron chi connectivity index (χ4n) is 1.62. The van der Waals surface area contributed by atoms with Gasteiger partial charge in [-0.1, -0.05) is 0 Å². The Kier molecular flexibility index (Phi) is 6.66. The van der Waals surface area contributed by atoms with Gasteiger partial charge >= 0.3 is 5.69 Å². The average molecular weight is 315 g/mol. The van der Waals surface area contributed by atoms with Crippen molar-refractivity contribution in [2.75, 3.05) is 18.5 Å². The molecule has 122 valence electrons. The predicted molar refractivity (Wildman–Crippen MR) is 76.4 cm³/mol. The third kappa shape index (κ3) is 4.63. The van der Waals surface area contributed by atoms with E-state index in [-0.39, 0.29) is 17.9 Å². The molecule has 1 aromatic rings. The number of carbonyl (C=O) groups is 1. The van der Waals surface area contributed by atoms with Crippen LogP contribution in [-0.2, 0) is 4.79 Å². The van der Waals surface area contributed by atoms with E-state index in [0.717, 1.165) is 12.2 Å². The molecule has 1 rings (SSSR count). The largest absolute Gasteiger partial charge is 0.394 e. The zero-order valence-electron chi connectivity index (χ0n) is 11.4. The van der Waals surface area contributed by atoms with E-state index >= 15 is 0 Å². The van der Waals surface area contributed by atoms with Gasteiger partial charge in [0.15, 0.2) is 0 Å². The molecule has 1 heterocycles. The molecule has 0 radical (unpaired) electrons. The van der Waals surface area contributed by atoms with Crippen LogP contribution in [0.5, 0.6) is 0 Å². The molecular formula is C12H17N3O7. The highest BCUT2D eigenvalue weighted by Crippen LogP contribution is 2.08. The Hall–Kier alpha value is -2.27. The van der Waals surface area contributed by atoms with Gasteiger partial charge in [0.25, 0.3) is 5.56 Å². The maximum absolute atomic E-state index is 11.6. The van der Waals surface area contributed by atoms with Gasteiger partial charge < -0.3 is 25.7 Å². The molecule has 7 N–H and O–H groups in total. The van der Waals surface area contributed by atoms with Gasteiger partial charge in [0.05, 0.1) is 18.3 Å². The third-order valence-electron chi connectivity index (χ3n) is 2.78. The number of H-pyrrole nitrogens is 2. The van der Waals surface area contributed by atoms with E-state index in [2.05, 4.69) is 10.3 Å². The fourth-order valence-corrected chi connectivity index (χ4v) is 1.62. The highest BCUT2D eigenvalue weighted by Gasteiger charge is 2.24.